The lowest BCUT2D eigenvalue weighted by molar-refractivity contribution is -0.929. The number of carboxylic acids is 1. The minimum absolute atomic E-state index is 0. The summed E-state index contributed by atoms with van der Waals surface area (Å²) in [4.78, 5) is 69.8. The van der Waals surface area contributed by atoms with E-state index in [1.807, 2.05) is 0 Å². The molecule has 0 saturated carbocycles. The highest BCUT2D eigenvalue weighted by Crippen LogP contribution is 2.19. The van der Waals surface area contributed by atoms with Crippen LogP contribution in [0.15, 0.2) is 135 Å². The van der Waals surface area contributed by atoms with E-state index in [9.17, 15) is 33.9 Å². The molecule has 0 bridgehead atoms. The van der Waals surface area contributed by atoms with E-state index >= 15 is 0 Å². The normalized spacial score (nSPS) is 12.4. The van der Waals surface area contributed by atoms with Crippen LogP contribution in [0.1, 0.15) is 157 Å². The van der Waals surface area contributed by atoms with Gasteiger partial charge in [0.25, 0.3) is 0 Å². The number of aliphatic hydroxyl groups excluding tert-OH is 1. The van der Waals surface area contributed by atoms with Crippen molar-refractivity contribution in [2.45, 2.75) is 117 Å². The standard InChI is InChI=1S/C24H26O7.C16H36N.C14H10O3.C10H16O4.BrH/c1-2-22(26)30-15-9-8-14-29-16-19(25)17-31-24(28)21-13-7-6-12-20(21)23(27)18-10-4-3-5-11-18;1-5-9-13-17(14-10-6-2,15-11-7-3)16-12-8-4;15-13(10-6-2-1-3-7-10)11-8-4-5-9-12(11)14(16)17;1-2-10(11)13-6-4-3-5-12-7-9-8-14-9;/h2-7,10-13,19,25H,1,8-9,14-17H2;5-16H2,1-4H3;1-9H,(H,16,17);2,9H,1,3-8H2;1H/q;+1;;;/p-1. The number of unbranched alkanes of at least 4 members (excludes halogenated alkanes) is 6. The first kappa shape index (κ1) is 71.9. The number of nitrogens with zero attached hydrogens (tertiary/aromatic N) is 1. The van der Waals surface area contributed by atoms with Crippen molar-refractivity contribution < 1.29 is 88.9 Å². The Bertz CT molecular complexity index is 2340. The Morgan fingerprint density at radius 2 is 0.912 bits per heavy atom. The van der Waals surface area contributed by atoms with Gasteiger partial charge in [0.2, 0.25) is 0 Å². The van der Waals surface area contributed by atoms with E-state index in [0.717, 1.165) is 25.5 Å². The number of esters is 3. The van der Waals surface area contributed by atoms with Gasteiger partial charge in [0, 0.05) is 47.6 Å². The predicted octanol–water partition coefficient (Wildman–Crippen LogP) is 8.50. The number of halogens is 1. The fourth-order valence-electron chi connectivity index (χ4n) is 7.83. The molecule has 1 saturated heterocycles. The van der Waals surface area contributed by atoms with Gasteiger partial charge in [-0.05, 0) is 63.5 Å². The summed E-state index contributed by atoms with van der Waals surface area (Å²) >= 11 is 0. The van der Waals surface area contributed by atoms with Crippen molar-refractivity contribution in [1.29, 1.82) is 0 Å². The predicted molar refractivity (Wildman–Crippen MR) is 307 cm³/mol. The number of ether oxygens (including phenoxy) is 6. The van der Waals surface area contributed by atoms with Crippen LogP contribution in [-0.4, -0.2) is 141 Å². The molecular weight excluding hydrogens is 1090 g/mol. The quantitative estimate of drug-likeness (QED) is 0.00835. The zero-order chi connectivity index (χ0) is 57.9. The molecule has 440 valence electrons. The molecule has 0 aliphatic carbocycles. The molecular formula is C64H88BrNO14. The first-order valence-corrected chi connectivity index (χ1v) is 28.0. The highest BCUT2D eigenvalue weighted by molar-refractivity contribution is 6.15. The highest BCUT2D eigenvalue weighted by Gasteiger charge is 2.25. The first-order chi connectivity index (χ1) is 38.3. The molecule has 4 aromatic carbocycles. The molecule has 0 radical (unpaired) electrons. The number of ketones is 2. The van der Waals surface area contributed by atoms with Gasteiger partial charge in [-0.3, -0.25) is 9.59 Å². The Hall–Kier alpha value is -6.14. The Morgan fingerprint density at radius 3 is 1.31 bits per heavy atom. The lowest BCUT2D eigenvalue weighted by atomic mass is 9.98. The van der Waals surface area contributed by atoms with Crippen molar-refractivity contribution >= 4 is 35.4 Å². The number of carbonyl (C=O) groups excluding carboxylic acids is 5. The van der Waals surface area contributed by atoms with Crippen LogP contribution in [0.25, 0.3) is 0 Å². The van der Waals surface area contributed by atoms with E-state index in [4.69, 9.17) is 33.5 Å². The van der Waals surface area contributed by atoms with Crippen LogP contribution in [0.2, 0.25) is 0 Å². The van der Waals surface area contributed by atoms with E-state index < -0.39 is 24.0 Å². The maximum Gasteiger partial charge on any atom is 0.338 e. The number of rotatable bonds is 36. The van der Waals surface area contributed by atoms with E-state index in [-0.39, 0.29) is 76.6 Å². The van der Waals surface area contributed by atoms with Gasteiger partial charge < -0.3 is 60.1 Å². The van der Waals surface area contributed by atoms with Crippen LogP contribution in [0.5, 0.6) is 0 Å². The minimum atomic E-state index is -1.09. The molecule has 1 heterocycles. The lowest BCUT2D eigenvalue weighted by Crippen LogP contribution is -3.00. The Morgan fingerprint density at radius 1 is 0.537 bits per heavy atom. The smallest absolute Gasteiger partial charge is 0.338 e. The second-order valence-electron chi connectivity index (χ2n) is 19.0. The molecule has 5 rings (SSSR count). The number of carboxylic acid groups (broad SMARTS) is 1. The van der Waals surface area contributed by atoms with E-state index in [0.29, 0.717) is 56.5 Å². The van der Waals surface area contributed by atoms with Gasteiger partial charge in [0.05, 0.1) is 70.3 Å². The average molecular weight is 1180 g/mol. The summed E-state index contributed by atoms with van der Waals surface area (Å²) in [6.07, 6.45) is 15.6. The Labute approximate surface area is 486 Å². The van der Waals surface area contributed by atoms with Crippen LogP contribution in [0, 0.1) is 0 Å². The van der Waals surface area contributed by atoms with Gasteiger partial charge in [-0.2, -0.15) is 0 Å². The van der Waals surface area contributed by atoms with Crippen molar-refractivity contribution in [2.24, 2.45) is 0 Å². The van der Waals surface area contributed by atoms with Gasteiger partial charge in [-0.15, -0.1) is 0 Å². The van der Waals surface area contributed by atoms with Gasteiger partial charge >= 0.3 is 23.9 Å². The number of epoxide rings is 1. The molecule has 80 heavy (non-hydrogen) atoms. The second kappa shape index (κ2) is 44.6. The van der Waals surface area contributed by atoms with Crippen LogP contribution < -0.4 is 17.0 Å². The number of hydrogen-bond acceptors (Lipinski definition) is 13. The molecule has 2 atom stereocenters. The maximum atomic E-state index is 12.7. The molecule has 0 amide bonds. The first-order valence-electron chi connectivity index (χ1n) is 28.0. The number of benzene rings is 4. The minimum Gasteiger partial charge on any atom is -1.00 e. The van der Waals surface area contributed by atoms with Gasteiger partial charge in [-0.25, -0.2) is 19.2 Å². The van der Waals surface area contributed by atoms with E-state index in [2.05, 4.69) is 40.9 Å². The summed E-state index contributed by atoms with van der Waals surface area (Å²) in [5, 5.41) is 19.0. The lowest BCUT2D eigenvalue weighted by Gasteiger charge is -2.39. The molecule has 1 fully saturated rings. The molecule has 0 spiro atoms. The molecule has 2 N–H and O–H groups in total. The van der Waals surface area contributed by atoms with E-state index in [1.165, 1.54) is 106 Å². The topological polar surface area (TPSA) is 202 Å². The van der Waals surface area contributed by atoms with Crippen molar-refractivity contribution in [3.8, 4) is 0 Å². The molecule has 1 aliphatic heterocycles. The van der Waals surface area contributed by atoms with Crippen molar-refractivity contribution in [2.75, 3.05) is 79.0 Å². The number of aromatic carboxylic acids is 1. The average Bonchev–Trinajstić information content (AvgIpc) is 4.35. The third-order valence-electron chi connectivity index (χ3n) is 12.4. The number of quaternary nitrogens is 1. The van der Waals surface area contributed by atoms with Crippen LogP contribution in [-0.2, 0) is 38.0 Å². The summed E-state index contributed by atoms with van der Waals surface area (Å²) < 4.78 is 31.8. The molecule has 1 aliphatic rings. The fourth-order valence-corrected chi connectivity index (χ4v) is 7.83. The largest absolute Gasteiger partial charge is 1.00 e. The Balaban J connectivity index is 0.000000562. The summed E-state index contributed by atoms with van der Waals surface area (Å²) in [5.41, 5.74) is 1.57. The van der Waals surface area contributed by atoms with Crippen molar-refractivity contribution in [3.05, 3.63) is 168 Å². The SMILES string of the molecule is C=CC(=O)OCCCCOCC(O)COC(=O)c1ccccc1C(=O)c1ccccc1.C=CC(=O)OCCCCOCC1CO1.CCCC[N+](CCCC)(CCCC)CCCC.O=C(O)c1ccccc1C(=O)c1ccccc1.[Br-]. The molecule has 2 unspecified atom stereocenters. The van der Waals surface area contributed by atoms with Crippen molar-refractivity contribution in [1.82, 2.24) is 0 Å². The maximum absolute atomic E-state index is 12.7. The molecule has 0 aromatic heterocycles. The molecule has 4 aromatic rings. The van der Waals surface area contributed by atoms with Crippen molar-refractivity contribution in [3.63, 3.8) is 0 Å². The van der Waals surface area contributed by atoms with Crippen LogP contribution in [0.3, 0.4) is 0 Å². The second-order valence-corrected chi connectivity index (χ2v) is 19.0. The van der Waals surface area contributed by atoms with Crippen LogP contribution >= 0.6 is 0 Å². The summed E-state index contributed by atoms with van der Waals surface area (Å²) in [6.45, 7) is 24.7. The number of carbonyl (C=O) groups is 6. The van der Waals surface area contributed by atoms with E-state index in [1.54, 1.807) is 91.0 Å². The zero-order valence-electron chi connectivity index (χ0n) is 47.7. The van der Waals surface area contributed by atoms with Gasteiger partial charge in [0.15, 0.2) is 11.6 Å². The van der Waals surface area contributed by atoms with Crippen LogP contribution in [0.4, 0.5) is 0 Å². The van der Waals surface area contributed by atoms with Gasteiger partial charge in [-0.1, -0.05) is 164 Å². The van der Waals surface area contributed by atoms with Gasteiger partial charge in [0.1, 0.15) is 18.8 Å². The third kappa shape index (κ3) is 31.0. The fraction of sp³-hybridized carbons (Fsp3) is 0.469. The summed E-state index contributed by atoms with van der Waals surface area (Å²) in [5.74, 6) is -3.17. The summed E-state index contributed by atoms with van der Waals surface area (Å²) in [6, 6.07) is 29.9. The highest BCUT2D eigenvalue weighted by atomic mass is 79.9. The number of aliphatic hydroxyl groups is 1. The zero-order valence-corrected chi connectivity index (χ0v) is 49.3. The Kier molecular flexibility index (Phi) is 40.1. The third-order valence-corrected chi connectivity index (χ3v) is 12.4. The molecule has 15 nitrogen and oxygen atoms in total. The number of hydrogen-bond donors (Lipinski definition) is 2. The molecule has 16 heteroatoms. The summed E-state index contributed by atoms with van der Waals surface area (Å²) in [7, 11) is 0. The monoisotopic (exact) mass is 1170 g/mol.